The minimum Gasteiger partial charge on any atom is -0.341 e. The number of carbonyl (C=O) groups is 1. The van der Waals surface area contributed by atoms with Crippen molar-refractivity contribution in [3.8, 4) is 0 Å². The third-order valence-corrected chi connectivity index (χ3v) is 5.66. The van der Waals surface area contributed by atoms with Crippen LogP contribution in [-0.2, 0) is 17.8 Å². The molecule has 1 amide bonds. The maximum Gasteiger partial charge on any atom is 0.239 e. The second-order valence-electron chi connectivity index (χ2n) is 7.19. The van der Waals surface area contributed by atoms with Gasteiger partial charge in [-0.1, -0.05) is 24.3 Å². The van der Waals surface area contributed by atoms with Crippen LogP contribution in [-0.4, -0.2) is 47.4 Å². The van der Waals surface area contributed by atoms with Crippen LogP contribution >= 0.6 is 0 Å². The average molecular weight is 315 g/mol. The summed E-state index contributed by atoms with van der Waals surface area (Å²) in [6, 6.07) is 8.79. The fourth-order valence-corrected chi connectivity index (χ4v) is 3.91. The highest BCUT2D eigenvalue weighted by Gasteiger charge is 2.31. The van der Waals surface area contributed by atoms with Crippen molar-refractivity contribution in [1.82, 2.24) is 9.80 Å². The SMILES string of the molecule is CC(N)C1CCN(C(=O)C(C)N2CCc3ccccc3C2)CC1. The number of hydrogen-bond acceptors (Lipinski definition) is 3. The van der Waals surface area contributed by atoms with Crippen LogP contribution in [0.25, 0.3) is 0 Å². The second kappa shape index (κ2) is 7.02. The van der Waals surface area contributed by atoms with Gasteiger partial charge >= 0.3 is 0 Å². The molecule has 2 aliphatic heterocycles. The van der Waals surface area contributed by atoms with Gasteiger partial charge in [0.15, 0.2) is 0 Å². The molecule has 2 aliphatic rings. The number of benzene rings is 1. The molecule has 0 aliphatic carbocycles. The number of nitrogens with two attached hydrogens (primary N) is 1. The van der Waals surface area contributed by atoms with Crippen molar-refractivity contribution in [2.75, 3.05) is 19.6 Å². The lowest BCUT2D eigenvalue weighted by Crippen LogP contribution is -2.51. The lowest BCUT2D eigenvalue weighted by Gasteiger charge is -2.39. The Morgan fingerprint density at radius 3 is 2.43 bits per heavy atom. The van der Waals surface area contributed by atoms with E-state index in [0.29, 0.717) is 5.92 Å². The normalized spacial score (nSPS) is 22.5. The Kier molecular flexibility index (Phi) is 5.02. The van der Waals surface area contributed by atoms with E-state index in [1.807, 2.05) is 4.90 Å². The molecule has 1 fully saturated rings. The van der Waals surface area contributed by atoms with E-state index in [1.54, 1.807) is 0 Å². The number of amides is 1. The van der Waals surface area contributed by atoms with Gasteiger partial charge in [0.2, 0.25) is 5.91 Å². The summed E-state index contributed by atoms with van der Waals surface area (Å²) in [6.45, 7) is 7.73. The van der Waals surface area contributed by atoms with Crippen molar-refractivity contribution in [1.29, 1.82) is 0 Å². The summed E-state index contributed by atoms with van der Waals surface area (Å²) in [5.74, 6) is 0.851. The Morgan fingerprint density at radius 1 is 1.13 bits per heavy atom. The molecule has 1 saturated heterocycles. The smallest absolute Gasteiger partial charge is 0.239 e. The number of fused-ring (bicyclic) bond motifs is 1. The number of piperidine rings is 1. The zero-order chi connectivity index (χ0) is 16.4. The van der Waals surface area contributed by atoms with Crippen LogP contribution in [0.15, 0.2) is 24.3 Å². The minimum absolute atomic E-state index is 0.0322. The van der Waals surface area contributed by atoms with Gasteiger partial charge in [-0.2, -0.15) is 0 Å². The first-order chi connectivity index (χ1) is 11.1. The molecule has 4 nitrogen and oxygen atoms in total. The van der Waals surface area contributed by atoms with E-state index in [9.17, 15) is 4.79 Å². The maximum atomic E-state index is 12.8. The fourth-order valence-electron chi connectivity index (χ4n) is 3.91. The van der Waals surface area contributed by atoms with Gasteiger partial charge in [0, 0.05) is 32.2 Å². The third kappa shape index (κ3) is 3.59. The van der Waals surface area contributed by atoms with E-state index in [4.69, 9.17) is 5.73 Å². The summed E-state index contributed by atoms with van der Waals surface area (Å²) >= 11 is 0. The molecule has 2 N–H and O–H groups in total. The summed E-state index contributed by atoms with van der Waals surface area (Å²) in [5, 5.41) is 0. The number of carbonyl (C=O) groups excluding carboxylic acids is 1. The van der Waals surface area contributed by atoms with E-state index >= 15 is 0 Å². The monoisotopic (exact) mass is 315 g/mol. The largest absolute Gasteiger partial charge is 0.341 e. The lowest BCUT2D eigenvalue weighted by atomic mass is 9.90. The van der Waals surface area contributed by atoms with Crippen molar-refractivity contribution in [2.45, 2.75) is 51.7 Å². The summed E-state index contributed by atoms with van der Waals surface area (Å²) in [7, 11) is 0. The molecule has 2 unspecified atom stereocenters. The molecule has 0 spiro atoms. The van der Waals surface area contributed by atoms with Crippen molar-refractivity contribution < 1.29 is 4.79 Å². The molecule has 126 valence electrons. The summed E-state index contributed by atoms with van der Waals surface area (Å²) in [4.78, 5) is 17.2. The molecule has 1 aromatic rings. The molecule has 0 saturated carbocycles. The van der Waals surface area contributed by atoms with E-state index in [-0.39, 0.29) is 18.0 Å². The summed E-state index contributed by atoms with van der Waals surface area (Å²) < 4.78 is 0. The minimum atomic E-state index is -0.0322. The van der Waals surface area contributed by atoms with Crippen molar-refractivity contribution >= 4 is 5.91 Å². The van der Waals surface area contributed by atoms with Crippen LogP contribution < -0.4 is 5.73 Å². The van der Waals surface area contributed by atoms with E-state index in [0.717, 1.165) is 45.4 Å². The highest BCUT2D eigenvalue weighted by molar-refractivity contribution is 5.81. The Balaban J connectivity index is 1.58. The van der Waals surface area contributed by atoms with Crippen LogP contribution in [0, 0.1) is 5.92 Å². The van der Waals surface area contributed by atoms with Gasteiger partial charge in [-0.05, 0) is 50.2 Å². The number of hydrogen-bond donors (Lipinski definition) is 1. The van der Waals surface area contributed by atoms with Gasteiger partial charge in [-0.15, -0.1) is 0 Å². The van der Waals surface area contributed by atoms with Crippen LogP contribution in [0.1, 0.15) is 37.8 Å². The number of nitrogens with zero attached hydrogens (tertiary/aromatic N) is 2. The number of likely N-dealkylation sites (tertiary alicyclic amines) is 1. The molecule has 0 radical (unpaired) electrons. The Labute approximate surface area is 139 Å². The molecule has 1 aromatic carbocycles. The number of rotatable bonds is 3. The molecule has 2 atom stereocenters. The van der Waals surface area contributed by atoms with Crippen LogP contribution in [0.3, 0.4) is 0 Å². The molecular formula is C19H29N3O. The molecule has 2 heterocycles. The van der Waals surface area contributed by atoms with Gasteiger partial charge in [0.25, 0.3) is 0 Å². The summed E-state index contributed by atoms with van der Waals surface area (Å²) in [5.41, 5.74) is 8.80. The summed E-state index contributed by atoms with van der Waals surface area (Å²) in [6.07, 6.45) is 3.12. The molecule has 0 bridgehead atoms. The fraction of sp³-hybridized carbons (Fsp3) is 0.632. The first-order valence-corrected chi connectivity index (χ1v) is 8.91. The Hall–Kier alpha value is -1.39. The van der Waals surface area contributed by atoms with Gasteiger partial charge in [-0.25, -0.2) is 0 Å². The molecule has 0 aromatic heterocycles. The first-order valence-electron chi connectivity index (χ1n) is 8.91. The van der Waals surface area contributed by atoms with Crippen molar-refractivity contribution in [2.24, 2.45) is 11.7 Å². The van der Waals surface area contributed by atoms with Crippen molar-refractivity contribution in [3.05, 3.63) is 35.4 Å². The molecule has 4 heteroatoms. The third-order valence-electron chi connectivity index (χ3n) is 5.66. The second-order valence-corrected chi connectivity index (χ2v) is 7.19. The predicted molar refractivity (Wildman–Crippen MR) is 93.0 cm³/mol. The molecule has 3 rings (SSSR count). The van der Waals surface area contributed by atoms with Gasteiger partial charge in [0.1, 0.15) is 0 Å². The average Bonchev–Trinajstić information content (AvgIpc) is 2.60. The zero-order valence-electron chi connectivity index (χ0n) is 14.4. The quantitative estimate of drug-likeness (QED) is 0.928. The standard InChI is InChI=1S/C19H29N3O/c1-14(20)16-7-10-21(11-8-16)19(23)15(2)22-12-9-17-5-3-4-6-18(17)13-22/h3-6,14-16H,7-13,20H2,1-2H3. The van der Waals surface area contributed by atoms with E-state index in [2.05, 4.69) is 43.0 Å². The lowest BCUT2D eigenvalue weighted by molar-refractivity contribution is -0.138. The van der Waals surface area contributed by atoms with Crippen LogP contribution in [0.4, 0.5) is 0 Å². The zero-order valence-corrected chi connectivity index (χ0v) is 14.4. The van der Waals surface area contributed by atoms with E-state index in [1.165, 1.54) is 11.1 Å². The molecule has 23 heavy (non-hydrogen) atoms. The highest BCUT2D eigenvalue weighted by atomic mass is 16.2. The van der Waals surface area contributed by atoms with Crippen molar-refractivity contribution in [3.63, 3.8) is 0 Å². The van der Waals surface area contributed by atoms with Gasteiger partial charge < -0.3 is 10.6 Å². The topological polar surface area (TPSA) is 49.6 Å². The maximum absolute atomic E-state index is 12.8. The van der Waals surface area contributed by atoms with E-state index < -0.39 is 0 Å². The first kappa shape index (κ1) is 16.5. The van der Waals surface area contributed by atoms with Crippen LogP contribution in [0.5, 0.6) is 0 Å². The molecular weight excluding hydrogens is 286 g/mol. The van der Waals surface area contributed by atoms with Crippen LogP contribution in [0.2, 0.25) is 0 Å². The highest BCUT2D eigenvalue weighted by Crippen LogP contribution is 2.23. The van der Waals surface area contributed by atoms with Gasteiger partial charge in [0.05, 0.1) is 6.04 Å². The predicted octanol–water partition coefficient (Wildman–Crippen LogP) is 2.02. The Morgan fingerprint density at radius 2 is 1.78 bits per heavy atom. The Bertz CT molecular complexity index is 549. The van der Waals surface area contributed by atoms with Gasteiger partial charge in [-0.3, -0.25) is 9.69 Å².